The van der Waals surface area contributed by atoms with Gasteiger partial charge in [-0.3, -0.25) is 9.59 Å². The molecule has 1 aromatic rings. The molecule has 0 aromatic carbocycles. The third kappa shape index (κ3) is 2.80. The first-order chi connectivity index (χ1) is 9.78. The highest BCUT2D eigenvalue weighted by molar-refractivity contribution is 7.18. The second kappa shape index (κ2) is 5.51. The lowest BCUT2D eigenvalue weighted by atomic mass is 9.89. The number of carbonyl (C=O) groups is 2. The first-order valence-corrected chi connectivity index (χ1v) is 7.66. The predicted octanol–water partition coefficient (Wildman–Crippen LogP) is 0.519. The van der Waals surface area contributed by atoms with Gasteiger partial charge in [0.05, 0.1) is 5.41 Å². The molecule has 1 saturated heterocycles. The Morgan fingerprint density at radius 2 is 2.19 bits per heavy atom. The molecule has 21 heavy (non-hydrogen) atoms. The second-order valence-corrected chi connectivity index (χ2v) is 6.60. The molecule has 7 nitrogen and oxygen atoms in total. The fourth-order valence-corrected chi connectivity index (χ4v) is 3.23. The second-order valence-electron chi connectivity index (χ2n) is 5.63. The quantitative estimate of drug-likeness (QED) is 0.843. The third-order valence-corrected chi connectivity index (χ3v) is 5.17. The van der Waals surface area contributed by atoms with Crippen LogP contribution in [0.5, 0.6) is 0 Å². The van der Waals surface area contributed by atoms with Gasteiger partial charge in [0.15, 0.2) is 5.13 Å². The molecule has 1 aromatic heterocycles. The fourth-order valence-electron chi connectivity index (χ4n) is 2.25. The zero-order valence-electron chi connectivity index (χ0n) is 12.5. The Morgan fingerprint density at radius 3 is 2.71 bits per heavy atom. The summed E-state index contributed by atoms with van der Waals surface area (Å²) >= 11 is 1.28. The molecule has 2 rings (SSSR count). The summed E-state index contributed by atoms with van der Waals surface area (Å²) in [5.41, 5.74) is 10.6. The molecule has 1 unspecified atom stereocenters. The Kier molecular flexibility index (Phi) is 4.08. The number of nitrogens with two attached hydrogens (primary N) is 2. The van der Waals surface area contributed by atoms with E-state index in [4.69, 9.17) is 11.5 Å². The van der Waals surface area contributed by atoms with Crippen LogP contribution in [-0.4, -0.2) is 48.4 Å². The Hall–Kier alpha value is -1.83. The van der Waals surface area contributed by atoms with Crippen LogP contribution in [-0.2, 0) is 4.79 Å². The number of nitrogens with zero attached hydrogens (tertiary/aromatic N) is 3. The molecule has 1 atom stereocenters. The van der Waals surface area contributed by atoms with Gasteiger partial charge in [-0.15, -0.1) is 0 Å². The number of rotatable bonds is 4. The average Bonchev–Trinajstić information content (AvgIpc) is 3.02. The Bertz CT molecular complexity index is 573. The van der Waals surface area contributed by atoms with E-state index in [2.05, 4.69) is 4.98 Å². The topological polar surface area (TPSA) is 106 Å². The lowest BCUT2D eigenvalue weighted by molar-refractivity contribution is -0.126. The van der Waals surface area contributed by atoms with E-state index in [9.17, 15) is 9.59 Å². The molecule has 1 fully saturated rings. The number of hydrogen-bond acceptors (Lipinski definition) is 6. The summed E-state index contributed by atoms with van der Waals surface area (Å²) < 4.78 is 0. The number of nitrogen functional groups attached to an aromatic ring is 1. The fraction of sp³-hybridized carbons (Fsp3) is 0.615. The Balaban J connectivity index is 2.18. The number of anilines is 2. The molecule has 1 aliphatic heterocycles. The summed E-state index contributed by atoms with van der Waals surface area (Å²) in [5.74, 6) is -0.305. The van der Waals surface area contributed by atoms with Crippen molar-refractivity contribution in [3.63, 3.8) is 0 Å². The maximum absolute atomic E-state index is 12.5. The minimum atomic E-state index is -0.655. The lowest BCUT2D eigenvalue weighted by Gasteiger charge is -2.20. The van der Waals surface area contributed by atoms with E-state index in [0.29, 0.717) is 24.4 Å². The van der Waals surface area contributed by atoms with E-state index in [-0.39, 0.29) is 17.6 Å². The van der Waals surface area contributed by atoms with Crippen molar-refractivity contribution in [2.75, 3.05) is 37.3 Å². The zero-order valence-corrected chi connectivity index (χ0v) is 13.4. The van der Waals surface area contributed by atoms with Crippen LogP contribution in [0.2, 0.25) is 0 Å². The molecule has 8 heteroatoms. The van der Waals surface area contributed by atoms with Gasteiger partial charge >= 0.3 is 0 Å². The predicted molar refractivity (Wildman–Crippen MR) is 83.3 cm³/mol. The van der Waals surface area contributed by atoms with Crippen molar-refractivity contribution < 1.29 is 9.59 Å². The summed E-state index contributed by atoms with van der Waals surface area (Å²) in [5, 5.41) is 0.718. The van der Waals surface area contributed by atoms with E-state index >= 15 is 0 Å². The molecule has 4 N–H and O–H groups in total. The van der Waals surface area contributed by atoms with Crippen molar-refractivity contribution in [3.05, 3.63) is 4.88 Å². The van der Waals surface area contributed by atoms with Gasteiger partial charge in [-0.1, -0.05) is 11.3 Å². The molecule has 0 spiro atoms. The molecule has 1 aliphatic rings. The van der Waals surface area contributed by atoms with Crippen molar-refractivity contribution >= 4 is 34.1 Å². The number of amides is 2. The van der Waals surface area contributed by atoms with E-state index < -0.39 is 5.41 Å². The van der Waals surface area contributed by atoms with Crippen LogP contribution >= 0.6 is 11.3 Å². The van der Waals surface area contributed by atoms with Crippen molar-refractivity contribution in [1.82, 2.24) is 9.88 Å². The van der Waals surface area contributed by atoms with Crippen LogP contribution in [0, 0.1) is 5.41 Å². The van der Waals surface area contributed by atoms with Crippen LogP contribution in [0.25, 0.3) is 0 Å². The van der Waals surface area contributed by atoms with Crippen LogP contribution < -0.4 is 16.4 Å². The average molecular weight is 311 g/mol. The van der Waals surface area contributed by atoms with Crippen LogP contribution in [0.15, 0.2) is 0 Å². The summed E-state index contributed by atoms with van der Waals surface area (Å²) in [6, 6.07) is 0. The number of aromatic nitrogens is 1. The largest absolute Gasteiger partial charge is 0.382 e. The Labute approximate surface area is 127 Å². The summed E-state index contributed by atoms with van der Waals surface area (Å²) in [6.07, 6.45) is 0.578. The zero-order chi connectivity index (χ0) is 15.8. The van der Waals surface area contributed by atoms with E-state index in [1.165, 1.54) is 11.3 Å². The van der Waals surface area contributed by atoms with E-state index in [0.717, 1.165) is 11.7 Å². The van der Waals surface area contributed by atoms with Gasteiger partial charge < -0.3 is 21.3 Å². The Morgan fingerprint density at radius 1 is 1.52 bits per heavy atom. The van der Waals surface area contributed by atoms with Crippen LogP contribution in [0.3, 0.4) is 0 Å². The van der Waals surface area contributed by atoms with Gasteiger partial charge in [-0.25, -0.2) is 4.98 Å². The van der Waals surface area contributed by atoms with Crippen molar-refractivity contribution in [1.29, 1.82) is 0 Å². The van der Waals surface area contributed by atoms with Gasteiger partial charge in [-0.2, -0.15) is 0 Å². The molecular weight excluding hydrogens is 290 g/mol. The van der Waals surface area contributed by atoms with Crippen molar-refractivity contribution in [2.45, 2.75) is 20.3 Å². The van der Waals surface area contributed by atoms with Crippen molar-refractivity contribution in [2.24, 2.45) is 11.1 Å². The maximum atomic E-state index is 12.5. The third-order valence-electron chi connectivity index (χ3n) is 3.99. The minimum absolute atomic E-state index is 0.175. The van der Waals surface area contributed by atoms with Gasteiger partial charge in [0, 0.05) is 26.7 Å². The summed E-state index contributed by atoms with van der Waals surface area (Å²) in [7, 11) is 1.90. The van der Waals surface area contributed by atoms with Gasteiger partial charge in [0.1, 0.15) is 10.7 Å². The van der Waals surface area contributed by atoms with Gasteiger partial charge in [0.2, 0.25) is 5.91 Å². The number of likely N-dealkylation sites (tertiary alicyclic amines) is 1. The van der Waals surface area contributed by atoms with E-state index in [1.54, 1.807) is 11.8 Å². The first kappa shape index (κ1) is 15.6. The molecule has 0 aliphatic carbocycles. The molecule has 2 heterocycles. The molecular formula is C13H21N5O2S. The molecule has 0 bridgehead atoms. The standard InChI is InChI=1S/C13H21N5O2S/c1-4-17(3)12-16-9(14)8(21-12)10(19)18-6-5-13(2,7-18)11(15)20/h4-7,14H2,1-3H3,(H2,15,20). The van der Waals surface area contributed by atoms with Crippen LogP contribution in [0.4, 0.5) is 10.9 Å². The number of thiazole rings is 1. The highest BCUT2D eigenvalue weighted by Crippen LogP contribution is 2.34. The van der Waals surface area contributed by atoms with Gasteiger partial charge in [-0.05, 0) is 20.3 Å². The number of carbonyl (C=O) groups excluding carboxylic acids is 2. The summed E-state index contributed by atoms with van der Waals surface area (Å²) in [4.78, 5) is 32.2. The molecule has 2 amide bonds. The monoisotopic (exact) mass is 311 g/mol. The van der Waals surface area contributed by atoms with Gasteiger partial charge in [0.25, 0.3) is 5.91 Å². The SMILES string of the molecule is CCN(C)c1nc(N)c(C(=O)N2CCC(C)(C(N)=O)C2)s1. The molecule has 0 radical (unpaired) electrons. The normalized spacial score (nSPS) is 21.6. The molecule has 116 valence electrons. The highest BCUT2D eigenvalue weighted by atomic mass is 32.1. The highest BCUT2D eigenvalue weighted by Gasteiger charge is 2.41. The number of hydrogen-bond donors (Lipinski definition) is 2. The lowest BCUT2D eigenvalue weighted by Crippen LogP contribution is -2.38. The van der Waals surface area contributed by atoms with E-state index in [1.807, 2.05) is 18.9 Å². The van der Waals surface area contributed by atoms with Crippen molar-refractivity contribution in [3.8, 4) is 0 Å². The molecule has 0 saturated carbocycles. The van der Waals surface area contributed by atoms with Crippen LogP contribution in [0.1, 0.15) is 29.9 Å². The minimum Gasteiger partial charge on any atom is -0.382 e. The first-order valence-electron chi connectivity index (χ1n) is 6.85. The smallest absolute Gasteiger partial charge is 0.267 e. The summed E-state index contributed by atoms with van der Waals surface area (Å²) in [6.45, 7) is 5.41. The maximum Gasteiger partial charge on any atom is 0.267 e. The number of primary amides is 1.